The van der Waals surface area contributed by atoms with Crippen LogP contribution in [0, 0.1) is 0 Å². The normalized spacial score (nSPS) is 10.5. The van der Waals surface area contributed by atoms with Gasteiger partial charge >= 0.3 is 0 Å². The topological polar surface area (TPSA) is 76.1 Å². The molecular weight excluding hydrogens is 408 g/mol. The third-order valence-electron chi connectivity index (χ3n) is 4.51. The van der Waals surface area contributed by atoms with Crippen molar-refractivity contribution in [1.29, 1.82) is 0 Å². The molecule has 0 aliphatic heterocycles. The fraction of sp³-hybridized carbons (Fsp3) is 0.0833. The highest BCUT2D eigenvalue weighted by atomic mass is 32.1. The molecule has 2 N–H and O–H groups in total. The lowest BCUT2D eigenvalue weighted by molar-refractivity contribution is 0.0972. The number of rotatable bonds is 6. The number of para-hydroxylation sites is 2. The molecule has 4 aromatic rings. The Balaban J connectivity index is 1.30. The molecule has 0 atom stereocenters. The van der Waals surface area contributed by atoms with Gasteiger partial charge in [0.15, 0.2) is 5.11 Å². The molecule has 0 radical (unpaired) electrons. The van der Waals surface area contributed by atoms with E-state index in [-0.39, 0.29) is 10.8 Å². The van der Waals surface area contributed by atoms with E-state index >= 15 is 0 Å². The second-order valence-electron chi connectivity index (χ2n) is 6.80. The van der Waals surface area contributed by atoms with Crippen LogP contribution in [0.5, 0.6) is 5.75 Å². The molecular formula is C24H20N4O2S. The van der Waals surface area contributed by atoms with Gasteiger partial charge in [0.05, 0.1) is 17.2 Å². The van der Waals surface area contributed by atoms with E-state index in [1.165, 1.54) is 6.20 Å². The lowest BCUT2D eigenvalue weighted by atomic mass is 10.2. The number of nitrogens with zero attached hydrogens (tertiary/aromatic N) is 2. The van der Waals surface area contributed by atoms with E-state index < -0.39 is 5.91 Å². The summed E-state index contributed by atoms with van der Waals surface area (Å²) in [5.41, 5.74) is 3.67. The molecule has 0 aliphatic rings. The fourth-order valence-electron chi connectivity index (χ4n) is 2.95. The van der Waals surface area contributed by atoms with E-state index in [1.807, 2.05) is 78.9 Å². The largest absolute Gasteiger partial charge is 0.489 e. The Kier molecular flexibility index (Phi) is 6.44. The standard InChI is InChI=1S/C24H20N4O2S/c29-23(22-15-25-20-11-4-5-12-21(20)27-22)28-24(31)26-14-18-9-6-10-19(13-18)30-16-17-7-2-1-3-8-17/h1-13,15H,14,16H2,(H2,26,28,29,31). The minimum atomic E-state index is -0.407. The lowest BCUT2D eigenvalue weighted by Crippen LogP contribution is -2.39. The van der Waals surface area contributed by atoms with Crippen LogP contribution < -0.4 is 15.4 Å². The first-order chi connectivity index (χ1) is 15.2. The van der Waals surface area contributed by atoms with Crippen LogP contribution in [0.25, 0.3) is 11.0 Å². The molecule has 1 aromatic heterocycles. The van der Waals surface area contributed by atoms with E-state index in [9.17, 15) is 4.79 Å². The Labute approximate surface area is 185 Å². The molecule has 0 unspecified atom stereocenters. The van der Waals surface area contributed by atoms with Gasteiger partial charge in [0, 0.05) is 6.54 Å². The summed E-state index contributed by atoms with van der Waals surface area (Å²) in [5, 5.41) is 5.89. The number of amides is 1. The van der Waals surface area contributed by atoms with Crippen molar-refractivity contribution in [3.05, 3.63) is 102 Å². The molecule has 0 saturated carbocycles. The number of hydrogen-bond donors (Lipinski definition) is 2. The summed E-state index contributed by atoms with van der Waals surface area (Å²) >= 11 is 5.25. The van der Waals surface area contributed by atoms with Crippen molar-refractivity contribution in [2.75, 3.05) is 0 Å². The van der Waals surface area contributed by atoms with Crippen molar-refractivity contribution in [2.24, 2.45) is 0 Å². The van der Waals surface area contributed by atoms with Crippen molar-refractivity contribution < 1.29 is 9.53 Å². The van der Waals surface area contributed by atoms with E-state index in [4.69, 9.17) is 17.0 Å². The van der Waals surface area contributed by atoms with Crippen LogP contribution in [-0.4, -0.2) is 21.0 Å². The number of carbonyl (C=O) groups excluding carboxylic acids is 1. The van der Waals surface area contributed by atoms with Gasteiger partial charge < -0.3 is 10.1 Å². The zero-order valence-corrected chi connectivity index (χ0v) is 17.4. The number of thiocarbonyl (C=S) groups is 1. The number of nitrogens with one attached hydrogen (secondary N) is 2. The van der Waals surface area contributed by atoms with Gasteiger partial charge in [-0.2, -0.15) is 0 Å². The molecule has 31 heavy (non-hydrogen) atoms. The highest BCUT2D eigenvalue weighted by Crippen LogP contribution is 2.15. The smallest absolute Gasteiger partial charge is 0.277 e. The van der Waals surface area contributed by atoms with Crippen LogP contribution in [0.4, 0.5) is 0 Å². The Morgan fingerprint density at radius 2 is 1.65 bits per heavy atom. The molecule has 6 nitrogen and oxygen atoms in total. The molecule has 0 fully saturated rings. The summed E-state index contributed by atoms with van der Waals surface area (Å²) in [6.45, 7) is 0.948. The third kappa shape index (κ3) is 5.61. The number of fused-ring (bicyclic) bond motifs is 1. The molecule has 0 aliphatic carbocycles. The Morgan fingerprint density at radius 1 is 0.903 bits per heavy atom. The van der Waals surface area contributed by atoms with Crippen molar-refractivity contribution in [2.45, 2.75) is 13.2 Å². The van der Waals surface area contributed by atoms with Gasteiger partial charge in [0.2, 0.25) is 0 Å². The predicted octanol–water partition coefficient (Wildman–Crippen LogP) is 4.01. The first-order valence-electron chi connectivity index (χ1n) is 9.74. The first kappa shape index (κ1) is 20.4. The highest BCUT2D eigenvalue weighted by Gasteiger charge is 2.11. The lowest BCUT2D eigenvalue weighted by Gasteiger charge is -2.11. The molecule has 1 heterocycles. The average molecular weight is 429 g/mol. The summed E-state index contributed by atoms with van der Waals surface area (Å²) in [7, 11) is 0. The van der Waals surface area contributed by atoms with Crippen molar-refractivity contribution in [3.8, 4) is 5.75 Å². The Bertz CT molecular complexity index is 1210. The van der Waals surface area contributed by atoms with Gasteiger partial charge in [-0.25, -0.2) is 4.98 Å². The Hall–Kier alpha value is -3.84. The SMILES string of the molecule is O=C(NC(=S)NCc1cccc(OCc2ccccc2)c1)c1cnc2ccccc2n1. The van der Waals surface area contributed by atoms with Crippen molar-refractivity contribution >= 4 is 34.3 Å². The van der Waals surface area contributed by atoms with Crippen LogP contribution in [0.2, 0.25) is 0 Å². The van der Waals surface area contributed by atoms with Gasteiger partial charge in [0.1, 0.15) is 18.1 Å². The third-order valence-corrected chi connectivity index (χ3v) is 4.75. The van der Waals surface area contributed by atoms with Gasteiger partial charge in [0.25, 0.3) is 5.91 Å². The van der Waals surface area contributed by atoms with E-state index in [0.29, 0.717) is 18.7 Å². The van der Waals surface area contributed by atoms with Crippen LogP contribution >= 0.6 is 12.2 Å². The van der Waals surface area contributed by atoms with Crippen molar-refractivity contribution in [3.63, 3.8) is 0 Å². The van der Waals surface area contributed by atoms with Crippen LogP contribution in [-0.2, 0) is 13.2 Å². The molecule has 3 aromatic carbocycles. The summed E-state index contributed by atoms with van der Waals surface area (Å²) in [4.78, 5) is 21.0. The molecule has 0 saturated heterocycles. The van der Waals surface area contributed by atoms with Gasteiger partial charge in [-0.15, -0.1) is 0 Å². The molecule has 154 valence electrons. The number of carbonyl (C=O) groups is 1. The van der Waals surface area contributed by atoms with E-state index in [1.54, 1.807) is 0 Å². The molecule has 0 spiro atoms. The minimum Gasteiger partial charge on any atom is -0.489 e. The quantitative estimate of drug-likeness (QED) is 0.452. The van der Waals surface area contributed by atoms with Gasteiger partial charge in [-0.1, -0.05) is 54.6 Å². The summed E-state index contributed by atoms with van der Waals surface area (Å²) < 4.78 is 5.85. The monoisotopic (exact) mass is 428 g/mol. The van der Waals surface area contributed by atoms with Gasteiger partial charge in [-0.05, 0) is 47.6 Å². The number of hydrogen-bond acceptors (Lipinski definition) is 5. The number of benzene rings is 3. The maximum absolute atomic E-state index is 12.4. The second-order valence-corrected chi connectivity index (χ2v) is 7.21. The average Bonchev–Trinajstić information content (AvgIpc) is 2.82. The zero-order valence-electron chi connectivity index (χ0n) is 16.6. The first-order valence-corrected chi connectivity index (χ1v) is 10.1. The Morgan fingerprint density at radius 3 is 2.48 bits per heavy atom. The highest BCUT2D eigenvalue weighted by molar-refractivity contribution is 7.80. The molecule has 1 amide bonds. The second kappa shape index (κ2) is 9.77. The van der Waals surface area contributed by atoms with Crippen molar-refractivity contribution in [1.82, 2.24) is 20.6 Å². The predicted molar refractivity (Wildman–Crippen MR) is 124 cm³/mol. The van der Waals surface area contributed by atoms with E-state index in [0.717, 1.165) is 22.4 Å². The zero-order chi connectivity index (χ0) is 21.5. The van der Waals surface area contributed by atoms with Gasteiger partial charge in [-0.3, -0.25) is 15.1 Å². The summed E-state index contributed by atoms with van der Waals surface area (Å²) in [5.74, 6) is 0.361. The maximum atomic E-state index is 12.4. The van der Waals surface area contributed by atoms with E-state index in [2.05, 4.69) is 20.6 Å². The molecule has 4 rings (SSSR count). The molecule has 7 heteroatoms. The summed E-state index contributed by atoms with van der Waals surface area (Å²) in [6.07, 6.45) is 1.44. The fourth-order valence-corrected chi connectivity index (χ4v) is 3.11. The summed E-state index contributed by atoms with van der Waals surface area (Å²) in [6, 6.07) is 25.1. The van der Waals surface area contributed by atoms with Crippen LogP contribution in [0.15, 0.2) is 85.1 Å². The number of aromatic nitrogens is 2. The molecule has 0 bridgehead atoms. The number of ether oxygens (including phenoxy) is 1. The van der Waals surface area contributed by atoms with Crippen LogP contribution in [0.3, 0.4) is 0 Å². The maximum Gasteiger partial charge on any atom is 0.277 e. The minimum absolute atomic E-state index is 0.208. The van der Waals surface area contributed by atoms with Crippen LogP contribution in [0.1, 0.15) is 21.6 Å².